The summed E-state index contributed by atoms with van der Waals surface area (Å²) in [6, 6.07) is 4.88. The van der Waals surface area contributed by atoms with Gasteiger partial charge in [-0.25, -0.2) is 0 Å². The number of carboxylic acid groups (broad SMARTS) is 1. The molecule has 0 aliphatic heterocycles. The van der Waals surface area contributed by atoms with E-state index >= 15 is 0 Å². The molecule has 4 nitrogen and oxygen atoms in total. The number of nitrogens with one attached hydrogen (secondary N) is 1. The Morgan fingerprint density at radius 2 is 1.80 bits per heavy atom. The van der Waals surface area contributed by atoms with Gasteiger partial charge in [0, 0.05) is 6.04 Å². The normalized spacial score (nSPS) is 15.9. The number of carbonyl (C=O) groups is 1. The molecule has 0 heterocycles. The van der Waals surface area contributed by atoms with E-state index in [1.807, 2.05) is 52.8 Å². The van der Waals surface area contributed by atoms with Crippen LogP contribution in [0.1, 0.15) is 43.6 Å². The van der Waals surface area contributed by atoms with Crippen LogP contribution in [0, 0.1) is 19.8 Å². The molecule has 3 unspecified atom stereocenters. The highest BCUT2D eigenvalue weighted by Gasteiger charge is 2.27. The summed E-state index contributed by atoms with van der Waals surface area (Å²) in [5.41, 5.74) is 3.00. The van der Waals surface area contributed by atoms with Gasteiger partial charge in [0.1, 0.15) is 6.04 Å². The largest absolute Gasteiger partial charge is 0.480 e. The molecule has 3 N–H and O–H groups in total. The lowest BCUT2D eigenvalue weighted by Crippen LogP contribution is -2.47. The molecule has 0 fully saturated rings. The standard InChI is InChI=1S/C16H25NO3/c1-9(2)14(16(19)20)17-12(5)15(18)13-7-6-10(3)8-11(13)4/h6-9,12,14-15,17-18H,1-5H3,(H,19,20). The number of aliphatic hydroxyl groups is 1. The quantitative estimate of drug-likeness (QED) is 0.748. The summed E-state index contributed by atoms with van der Waals surface area (Å²) in [5, 5.41) is 22.6. The van der Waals surface area contributed by atoms with Crippen LogP contribution < -0.4 is 5.32 Å². The Hall–Kier alpha value is -1.39. The zero-order valence-electron chi connectivity index (χ0n) is 12.8. The molecule has 1 aromatic carbocycles. The highest BCUT2D eigenvalue weighted by Crippen LogP contribution is 2.22. The lowest BCUT2D eigenvalue weighted by molar-refractivity contribution is -0.141. The van der Waals surface area contributed by atoms with E-state index in [0.29, 0.717) is 0 Å². The predicted molar refractivity (Wildman–Crippen MR) is 79.7 cm³/mol. The van der Waals surface area contributed by atoms with Crippen molar-refractivity contribution in [2.75, 3.05) is 0 Å². The van der Waals surface area contributed by atoms with Crippen molar-refractivity contribution >= 4 is 5.97 Å². The van der Waals surface area contributed by atoms with Crippen LogP contribution in [0.15, 0.2) is 18.2 Å². The molecule has 0 spiro atoms. The molecule has 0 aliphatic rings. The number of carboxylic acids is 1. The molecule has 0 bridgehead atoms. The molecule has 0 aromatic heterocycles. The van der Waals surface area contributed by atoms with E-state index in [9.17, 15) is 15.0 Å². The van der Waals surface area contributed by atoms with Gasteiger partial charge in [-0.15, -0.1) is 0 Å². The number of rotatable bonds is 6. The van der Waals surface area contributed by atoms with Gasteiger partial charge >= 0.3 is 5.97 Å². The van der Waals surface area contributed by atoms with Crippen LogP contribution in [0.4, 0.5) is 0 Å². The molecule has 112 valence electrons. The Morgan fingerprint density at radius 1 is 1.20 bits per heavy atom. The van der Waals surface area contributed by atoms with Crippen molar-refractivity contribution in [2.45, 2.75) is 52.8 Å². The van der Waals surface area contributed by atoms with E-state index in [0.717, 1.165) is 16.7 Å². The van der Waals surface area contributed by atoms with Crippen LogP contribution in [-0.4, -0.2) is 28.3 Å². The number of aliphatic hydroxyl groups excluding tert-OH is 1. The van der Waals surface area contributed by atoms with Crippen LogP contribution in [0.25, 0.3) is 0 Å². The Balaban J connectivity index is 2.85. The van der Waals surface area contributed by atoms with Gasteiger partial charge in [0.25, 0.3) is 0 Å². The summed E-state index contributed by atoms with van der Waals surface area (Å²) >= 11 is 0. The lowest BCUT2D eigenvalue weighted by atomic mass is 9.95. The third-order valence-electron chi connectivity index (χ3n) is 3.59. The minimum atomic E-state index is -0.889. The Morgan fingerprint density at radius 3 is 2.25 bits per heavy atom. The van der Waals surface area contributed by atoms with Gasteiger partial charge in [-0.3, -0.25) is 10.1 Å². The number of hydrogen-bond donors (Lipinski definition) is 3. The summed E-state index contributed by atoms with van der Waals surface area (Å²) in [6.45, 7) is 9.46. The summed E-state index contributed by atoms with van der Waals surface area (Å²) in [7, 11) is 0. The van der Waals surface area contributed by atoms with Crippen molar-refractivity contribution < 1.29 is 15.0 Å². The number of hydrogen-bond acceptors (Lipinski definition) is 3. The Bertz CT molecular complexity index is 471. The molecular weight excluding hydrogens is 254 g/mol. The molecule has 0 radical (unpaired) electrons. The molecule has 0 saturated carbocycles. The fourth-order valence-electron chi connectivity index (χ4n) is 2.35. The first kappa shape index (κ1) is 16.7. The SMILES string of the molecule is Cc1ccc(C(O)C(C)NC(C(=O)O)C(C)C)c(C)c1. The first-order chi connectivity index (χ1) is 9.23. The highest BCUT2D eigenvalue weighted by molar-refractivity contribution is 5.73. The molecule has 20 heavy (non-hydrogen) atoms. The smallest absolute Gasteiger partial charge is 0.320 e. The van der Waals surface area contributed by atoms with Crippen molar-refractivity contribution in [1.82, 2.24) is 5.32 Å². The zero-order valence-corrected chi connectivity index (χ0v) is 12.8. The third kappa shape index (κ3) is 4.05. The zero-order chi connectivity index (χ0) is 15.4. The maximum atomic E-state index is 11.2. The van der Waals surface area contributed by atoms with E-state index in [1.54, 1.807) is 0 Å². The van der Waals surface area contributed by atoms with Crippen LogP contribution >= 0.6 is 0 Å². The number of aliphatic carboxylic acids is 1. The van der Waals surface area contributed by atoms with Gasteiger partial charge < -0.3 is 10.2 Å². The second-order valence-corrected chi connectivity index (χ2v) is 5.82. The van der Waals surface area contributed by atoms with Crippen LogP contribution in [0.5, 0.6) is 0 Å². The monoisotopic (exact) mass is 279 g/mol. The third-order valence-corrected chi connectivity index (χ3v) is 3.59. The molecule has 1 rings (SSSR count). The van der Waals surface area contributed by atoms with Crippen molar-refractivity contribution in [2.24, 2.45) is 5.92 Å². The van der Waals surface area contributed by atoms with Gasteiger partial charge in [-0.1, -0.05) is 37.6 Å². The molecule has 3 atom stereocenters. The fraction of sp³-hybridized carbons (Fsp3) is 0.562. The van der Waals surface area contributed by atoms with Crippen molar-refractivity contribution in [1.29, 1.82) is 0 Å². The summed E-state index contributed by atoms with van der Waals surface area (Å²) in [6.07, 6.45) is -0.726. The maximum Gasteiger partial charge on any atom is 0.320 e. The van der Waals surface area contributed by atoms with Crippen molar-refractivity contribution in [3.8, 4) is 0 Å². The van der Waals surface area contributed by atoms with E-state index in [1.165, 1.54) is 0 Å². The van der Waals surface area contributed by atoms with E-state index in [2.05, 4.69) is 5.32 Å². The Labute approximate surface area is 120 Å². The van der Waals surface area contributed by atoms with Crippen LogP contribution in [0.3, 0.4) is 0 Å². The van der Waals surface area contributed by atoms with E-state index in [4.69, 9.17) is 0 Å². The average molecular weight is 279 g/mol. The maximum absolute atomic E-state index is 11.2. The second kappa shape index (κ2) is 6.86. The Kier molecular flexibility index (Phi) is 5.72. The summed E-state index contributed by atoms with van der Waals surface area (Å²) < 4.78 is 0. The van der Waals surface area contributed by atoms with Crippen molar-refractivity contribution in [3.63, 3.8) is 0 Å². The highest BCUT2D eigenvalue weighted by atomic mass is 16.4. The molecular formula is C16H25NO3. The molecule has 0 saturated heterocycles. The number of aryl methyl sites for hydroxylation is 2. The van der Waals surface area contributed by atoms with Crippen molar-refractivity contribution in [3.05, 3.63) is 34.9 Å². The first-order valence-electron chi connectivity index (χ1n) is 6.98. The van der Waals surface area contributed by atoms with Gasteiger partial charge in [-0.2, -0.15) is 0 Å². The number of benzene rings is 1. The average Bonchev–Trinajstić information content (AvgIpc) is 2.34. The molecule has 4 heteroatoms. The topological polar surface area (TPSA) is 69.6 Å². The summed E-state index contributed by atoms with van der Waals surface area (Å²) in [5.74, 6) is -0.930. The minimum absolute atomic E-state index is 0.0405. The molecule has 1 aromatic rings. The minimum Gasteiger partial charge on any atom is -0.480 e. The fourth-order valence-corrected chi connectivity index (χ4v) is 2.35. The lowest BCUT2D eigenvalue weighted by Gasteiger charge is -2.27. The molecule has 0 amide bonds. The van der Waals surface area contributed by atoms with Gasteiger partial charge in [0.2, 0.25) is 0 Å². The van der Waals surface area contributed by atoms with Crippen LogP contribution in [0.2, 0.25) is 0 Å². The van der Waals surface area contributed by atoms with Crippen LogP contribution in [-0.2, 0) is 4.79 Å². The first-order valence-corrected chi connectivity index (χ1v) is 6.98. The van der Waals surface area contributed by atoms with E-state index in [-0.39, 0.29) is 12.0 Å². The van der Waals surface area contributed by atoms with Gasteiger partial charge in [-0.05, 0) is 37.8 Å². The predicted octanol–water partition coefficient (Wildman–Crippen LogP) is 2.42. The van der Waals surface area contributed by atoms with E-state index < -0.39 is 18.1 Å². The summed E-state index contributed by atoms with van der Waals surface area (Å²) in [4.78, 5) is 11.2. The van der Waals surface area contributed by atoms with Gasteiger partial charge in [0.05, 0.1) is 6.10 Å². The molecule has 0 aliphatic carbocycles. The van der Waals surface area contributed by atoms with Gasteiger partial charge in [0.15, 0.2) is 0 Å². The second-order valence-electron chi connectivity index (χ2n) is 5.82.